The van der Waals surface area contributed by atoms with Gasteiger partial charge in [-0.1, -0.05) is 29.5 Å². The Bertz CT molecular complexity index is 3610. The Hall–Kier alpha value is -8.60. The second-order valence-corrected chi connectivity index (χ2v) is 22.8. The molecular weight excluding hydrogens is 1090 g/mol. The summed E-state index contributed by atoms with van der Waals surface area (Å²) in [5.41, 5.74) is 3.98. The van der Waals surface area contributed by atoms with Crippen molar-refractivity contribution in [3.8, 4) is 11.4 Å². The number of hydrogen-bond donors (Lipinski definition) is 6. The standard InChI is InChI=1S/C60H66F2N12O8S/c1-35-54(76)67-50(25-37-11-15-45(82-4)16-12-37)58(80)73-22-7-19-60(73,3)59(81)63-20-23-83-34-38-8-5-9-44(24-38)74-33-43(69-70-74)32-71-31-40(47-29-42(62)14-18-52(47)71)27-51(57(79)72-21-6-10-53(72)56(78)65-35)68-55(77)49(66-36(2)75)26-39-30-64-48-17-13-41(61)28-46(39)48/h5,8-9,11-18,24,28-31,33,35,49-51,53,64H,6-7,10,19-23,25-27,32,34H2,1-4H3,(H,63,81)(H,65,78)(H,66,75)(H,67,76)(H,68,77)/t35-,49-,50-,51+,53-,60-/m0/s1. The minimum atomic E-state index is -1.41. The number of fused-ring (bicyclic) bond motifs is 13. The molecule has 23 heteroatoms. The van der Waals surface area contributed by atoms with Gasteiger partial charge in [-0.2, -0.15) is 11.8 Å². The molecule has 434 valence electrons. The fourth-order valence-corrected chi connectivity index (χ4v) is 12.3. The number of amides is 7. The van der Waals surface area contributed by atoms with E-state index in [4.69, 9.17) is 4.74 Å². The van der Waals surface area contributed by atoms with E-state index in [1.165, 1.54) is 55.0 Å². The number of H-pyrrole nitrogens is 1. The number of hydrogen-bond acceptors (Lipinski definition) is 11. The molecule has 3 aliphatic heterocycles. The minimum Gasteiger partial charge on any atom is -0.497 e. The van der Waals surface area contributed by atoms with Gasteiger partial charge in [0.1, 0.15) is 58.8 Å². The number of thioether (sulfide) groups is 1. The Balaban J connectivity index is 0.988. The number of aromatic amines is 1. The molecule has 0 spiro atoms. The Morgan fingerprint density at radius 3 is 2.47 bits per heavy atom. The zero-order chi connectivity index (χ0) is 58.5. The van der Waals surface area contributed by atoms with Gasteiger partial charge < -0.3 is 50.7 Å². The van der Waals surface area contributed by atoms with Crippen LogP contribution in [-0.4, -0.2) is 144 Å². The van der Waals surface area contributed by atoms with E-state index in [0.717, 1.165) is 11.3 Å². The molecule has 0 radical (unpaired) electrons. The molecule has 2 saturated heterocycles. The number of nitrogens with zero attached hydrogens (tertiary/aromatic N) is 6. The Morgan fingerprint density at radius 1 is 0.904 bits per heavy atom. The van der Waals surface area contributed by atoms with Crippen LogP contribution in [0.3, 0.4) is 0 Å². The maximum absolute atomic E-state index is 15.4. The minimum absolute atomic E-state index is 0.0474. The average molecular weight is 1150 g/mol. The number of nitrogens with one attached hydrogen (secondary N) is 6. The van der Waals surface area contributed by atoms with Crippen molar-refractivity contribution >= 4 is 74.9 Å². The van der Waals surface area contributed by atoms with Crippen molar-refractivity contribution in [2.75, 3.05) is 32.5 Å². The average Bonchev–Trinajstić information content (AvgIpc) is 4.53. The summed E-state index contributed by atoms with van der Waals surface area (Å²) >= 11 is 1.62. The molecule has 4 aromatic carbocycles. The van der Waals surface area contributed by atoms with Crippen LogP contribution in [0.25, 0.3) is 27.5 Å². The van der Waals surface area contributed by atoms with Crippen molar-refractivity contribution in [2.45, 2.75) is 114 Å². The zero-order valence-corrected chi connectivity index (χ0v) is 47.3. The SMILES string of the molecule is COc1ccc(C[C@@H]2NC(=O)[C@H](C)NC(=O)[C@@H]3CCCN3C(=O)[C@H](NC(=O)[C@H](Cc3c[nH]c4ccc(F)cc34)NC(C)=O)Cc3cn(c4ccc(F)cc34)Cc3cn(nn3)-c3cccc(c3)CSCCNC(=O)[C@]3(C)CCCN3C2=O)cc1. The third kappa shape index (κ3) is 12.9. The van der Waals surface area contributed by atoms with E-state index in [1.807, 2.05) is 28.8 Å². The zero-order valence-electron chi connectivity index (χ0n) is 46.5. The lowest BCUT2D eigenvalue weighted by molar-refractivity contribution is -0.146. The number of carbonyl (C=O) groups is 7. The second kappa shape index (κ2) is 24.9. The summed E-state index contributed by atoms with van der Waals surface area (Å²) in [5.74, 6) is -3.36. The first-order chi connectivity index (χ1) is 39.9. The van der Waals surface area contributed by atoms with E-state index in [0.29, 0.717) is 87.3 Å². The van der Waals surface area contributed by atoms with Crippen LogP contribution in [0, 0.1) is 11.6 Å². The van der Waals surface area contributed by atoms with Crippen molar-refractivity contribution in [2.24, 2.45) is 0 Å². The number of halogens is 2. The fourth-order valence-electron chi connectivity index (χ4n) is 11.5. The number of benzene rings is 4. The van der Waals surface area contributed by atoms with Gasteiger partial charge in [0.15, 0.2) is 0 Å². The first-order valence-electron chi connectivity index (χ1n) is 27.8. The van der Waals surface area contributed by atoms with Gasteiger partial charge in [-0.05, 0) is 122 Å². The van der Waals surface area contributed by atoms with Gasteiger partial charge >= 0.3 is 0 Å². The van der Waals surface area contributed by atoms with E-state index in [1.54, 1.807) is 78.4 Å². The molecule has 10 rings (SSSR count). The second-order valence-electron chi connectivity index (χ2n) is 21.7. The van der Waals surface area contributed by atoms with Gasteiger partial charge in [0.2, 0.25) is 41.4 Å². The predicted octanol–water partition coefficient (Wildman–Crippen LogP) is 4.78. The van der Waals surface area contributed by atoms with Crippen LogP contribution in [0.15, 0.2) is 104 Å². The van der Waals surface area contributed by atoms with Crippen LogP contribution >= 0.6 is 11.8 Å². The Morgan fingerprint density at radius 2 is 1.69 bits per heavy atom. The van der Waals surface area contributed by atoms with Gasteiger partial charge in [0.05, 0.1) is 25.5 Å². The highest BCUT2D eigenvalue weighted by atomic mass is 32.2. The molecular formula is C60H66F2N12O8S. The lowest BCUT2D eigenvalue weighted by atomic mass is 9.95. The molecule has 6 heterocycles. The molecule has 20 nitrogen and oxygen atoms in total. The summed E-state index contributed by atoms with van der Waals surface area (Å²) in [6, 6.07) is 17.1. The topological polar surface area (TPSA) is 247 Å². The van der Waals surface area contributed by atoms with E-state index < -0.39 is 82.8 Å². The number of ether oxygens (including phenoxy) is 1. The van der Waals surface area contributed by atoms with E-state index >= 15 is 9.18 Å². The van der Waals surface area contributed by atoms with E-state index in [9.17, 15) is 33.2 Å². The quantitative estimate of drug-likeness (QED) is 0.121. The van der Waals surface area contributed by atoms with Gasteiger partial charge in [0.25, 0.3) is 0 Å². The smallest absolute Gasteiger partial charge is 0.246 e. The summed E-state index contributed by atoms with van der Waals surface area (Å²) in [5, 5.41) is 24.1. The summed E-state index contributed by atoms with van der Waals surface area (Å²) in [7, 11) is 1.54. The maximum atomic E-state index is 15.4. The molecule has 2 fully saturated rings. The van der Waals surface area contributed by atoms with Gasteiger partial charge in [-0.15, -0.1) is 5.10 Å². The molecule has 6 atom stereocenters. The third-order valence-corrected chi connectivity index (χ3v) is 16.9. The predicted molar refractivity (Wildman–Crippen MR) is 307 cm³/mol. The van der Waals surface area contributed by atoms with Gasteiger partial charge in [-0.3, -0.25) is 33.6 Å². The molecule has 3 aromatic heterocycles. The molecule has 0 aliphatic carbocycles. The molecule has 3 aliphatic rings. The van der Waals surface area contributed by atoms with Crippen LogP contribution in [0.2, 0.25) is 0 Å². The van der Waals surface area contributed by atoms with Crippen molar-refractivity contribution < 1.29 is 47.1 Å². The summed E-state index contributed by atoms with van der Waals surface area (Å²) < 4.78 is 38.8. The van der Waals surface area contributed by atoms with Crippen LogP contribution in [0.4, 0.5) is 8.78 Å². The number of carbonyl (C=O) groups excluding carboxylic acids is 7. The van der Waals surface area contributed by atoms with Gasteiger partial charge in [0, 0.05) is 91.5 Å². The van der Waals surface area contributed by atoms with Crippen molar-refractivity contribution in [1.29, 1.82) is 0 Å². The Kier molecular flexibility index (Phi) is 17.3. The summed E-state index contributed by atoms with van der Waals surface area (Å²) in [6.45, 7) is 5.33. The van der Waals surface area contributed by atoms with Crippen molar-refractivity contribution in [3.05, 3.63) is 143 Å². The van der Waals surface area contributed by atoms with Crippen LogP contribution < -0.4 is 31.3 Å². The molecule has 0 saturated carbocycles. The lowest BCUT2D eigenvalue weighted by Gasteiger charge is -2.36. The lowest BCUT2D eigenvalue weighted by Crippen LogP contribution is -2.61. The molecule has 0 unspecified atom stereocenters. The first-order valence-corrected chi connectivity index (χ1v) is 28.9. The van der Waals surface area contributed by atoms with Crippen LogP contribution in [0.5, 0.6) is 5.75 Å². The number of aromatic nitrogens is 5. The van der Waals surface area contributed by atoms with Crippen LogP contribution in [0.1, 0.15) is 74.4 Å². The summed E-state index contributed by atoms with van der Waals surface area (Å²) in [6.07, 6.45) is 6.43. The number of methoxy groups -OCH3 is 1. The van der Waals surface area contributed by atoms with Gasteiger partial charge in [-0.25, -0.2) is 13.5 Å². The molecule has 6 N–H and O–H groups in total. The highest BCUT2D eigenvalue weighted by molar-refractivity contribution is 7.98. The highest BCUT2D eigenvalue weighted by Gasteiger charge is 2.48. The monoisotopic (exact) mass is 1150 g/mol. The fraction of sp³-hybridized carbons (Fsp3) is 0.383. The maximum Gasteiger partial charge on any atom is 0.246 e. The first kappa shape index (κ1) is 57.6. The normalized spacial score (nSPS) is 21.8. The molecule has 7 aromatic rings. The van der Waals surface area contributed by atoms with Crippen molar-refractivity contribution in [1.82, 2.24) is 60.9 Å². The van der Waals surface area contributed by atoms with E-state index in [-0.39, 0.29) is 51.2 Å². The Labute approximate surface area is 481 Å². The molecule has 6 bridgehead atoms. The largest absolute Gasteiger partial charge is 0.497 e. The third-order valence-electron chi connectivity index (χ3n) is 15.9. The highest BCUT2D eigenvalue weighted by Crippen LogP contribution is 2.32. The summed E-state index contributed by atoms with van der Waals surface area (Å²) in [4.78, 5) is 107. The number of rotatable bonds is 8. The van der Waals surface area contributed by atoms with Crippen LogP contribution in [-0.2, 0) is 65.1 Å². The molecule has 7 amide bonds. The van der Waals surface area contributed by atoms with E-state index in [2.05, 4.69) is 41.9 Å². The molecule has 83 heavy (non-hydrogen) atoms. The van der Waals surface area contributed by atoms with Crippen molar-refractivity contribution in [3.63, 3.8) is 0 Å².